The first-order valence-corrected chi connectivity index (χ1v) is 12.8. The van der Waals surface area contributed by atoms with Crippen LogP contribution in [0.2, 0.25) is 0 Å². The maximum Gasteiger partial charge on any atom is 0.264 e. The lowest BCUT2D eigenvalue weighted by atomic mass is 10.0. The molecule has 5 aromatic rings. The van der Waals surface area contributed by atoms with Crippen molar-refractivity contribution in [1.82, 2.24) is 4.98 Å². The van der Waals surface area contributed by atoms with Crippen LogP contribution < -0.4 is 15.4 Å². The van der Waals surface area contributed by atoms with Crippen LogP contribution in [0.15, 0.2) is 84.9 Å². The highest BCUT2D eigenvalue weighted by Gasteiger charge is 2.19. The summed E-state index contributed by atoms with van der Waals surface area (Å²) in [5, 5.41) is 8.17. The van der Waals surface area contributed by atoms with E-state index in [0.29, 0.717) is 27.6 Å². The number of carbonyl (C=O) groups is 2. The van der Waals surface area contributed by atoms with Crippen molar-refractivity contribution in [2.75, 3.05) is 17.2 Å². The van der Waals surface area contributed by atoms with Crippen molar-refractivity contribution in [2.45, 2.75) is 13.8 Å². The van der Waals surface area contributed by atoms with Gasteiger partial charge in [-0.1, -0.05) is 65.9 Å². The van der Waals surface area contributed by atoms with Gasteiger partial charge in [0.2, 0.25) is 0 Å². The molecule has 0 aliphatic rings. The van der Waals surface area contributed by atoms with Crippen LogP contribution in [-0.2, 0) is 4.79 Å². The first-order valence-electron chi connectivity index (χ1n) is 11.9. The Balaban J connectivity index is 1.40. The van der Waals surface area contributed by atoms with Gasteiger partial charge in [0.1, 0.15) is 22.3 Å². The van der Waals surface area contributed by atoms with E-state index in [0.717, 1.165) is 33.2 Å². The Kier molecular flexibility index (Phi) is 7.15. The van der Waals surface area contributed by atoms with Crippen LogP contribution in [0.1, 0.15) is 21.5 Å². The SMILES string of the molecule is Cc1cccc(C)c1OCC(=O)Nc1nc(-c2ccc(F)cc2)c(NC(=O)c2cccc3ccccc23)s1. The van der Waals surface area contributed by atoms with Crippen LogP contribution in [0.25, 0.3) is 22.0 Å². The highest BCUT2D eigenvalue weighted by Crippen LogP contribution is 2.36. The lowest BCUT2D eigenvalue weighted by Gasteiger charge is -2.11. The summed E-state index contributed by atoms with van der Waals surface area (Å²) in [4.78, 5) is 30.6. The number of carbonyl (C=O) groups excluding carboxylic acids is 2. The minimum absolute atomic E-state index is 0.200. The predicted octanol–water partition coefficient (Wildman–Crippen LogP) is 6.99. The lowest BCUT2D eigenvalue weighted by molar-refractivity contribution is -0.118. The van der Waals surface area contributed by atoms with Gasteiger partial charge >= 0.3 is 0 Å². The molecule has 0 bridgehead atoms. The molecule has 0 atom stereocenters. The third kappa shape index (κ3) is 5.40. The molecule has 0 unspecified atom stereocenters. The smallest absolute Gasteiger partial charge is 0.264 e. The quantitative estimate of drug-likeness (QED) is 0.240. The summed E-state index contributed by atoms with van der Waals surface area (Å²) >= 11 is 1.12. The number of para-hydroxylation sites is 1. The van der Waals surface area contributed by atoms with Gasteiger partial charge in [0.25, 0.3) is 11.8 Å². The van der Waals surface area contributed by atoms with Crippen LogP contribution >= 0.6 is 11.3 Å². The fourth-order valence-electron chi connectivity index (χ4n) is 4.18. The Morgan fingerprint density at radius 1 is 0.868 bits per heavy atom. The van der Waals surface area contributed by atoms with Gasteiger partial charge in [-0.3, -0.25) is 14.9 Å². The van der Waals surface area contributed by atoms with E-state index in [4.69, 9.17) is 4.74 Å². The van der Waals surface area contributed by atoms with Crippen molar-refractivity contribution in [2.24, 2.45) is 0 Å². The van der Waals surface area contributed by atoms with Crippen molar-refractivity contribution in [3.63, 3.8) is 0 Å². The van der Waals surface area contributed by atoms with Crippen LogP contribution in [-0.4, -0.2) is 23.4 Å². The zero-order valence-electron chi connectivity index (χ0n) is 20.7. The molecular weight excluding hydrogens is 501 g/mol. The molecular formula is C30H24FN3O3S. The molecule has 0 fully saturated rings. The minimum atomic E-state index is -0.390. The number of hydrogen-bond donors (Lipinski definition) is 2. The first kappa shape index (κ1) is 25.1. The van der Waals surface area contributed by atoms with Crippen molar-refractivity contribution >= 4 is 44.1 Å². The number of hydrogen-bond acceptors (Lipinski definition) is 5. The summed E-state index contributed by atoms with van der Waals surface area (Å²) in [7, 11) is 0. The number of halogens is 1. The number of anilines is 2. The van der Waals surface area contributed by atoms with Gasteiger partial charge in [0.05, 0.1) is 0 Å². The number of aryl methyl sites for hydroxylation is 2. The van der Waals surface area contributed by atoms with Crippen molar-refractivity contribution in [3.05, 3.63) is 107 Å². The van der Waals surface area contributed by atoms with Gasteiger partial charge in [-0.15, -0.1) is 0 Å². The second-order valence-electron chi connectivity index (χ2n) is 8.74. The third-order valence-electron chi connectivity index (χ3n) is 6.01. The number of rotatable bonds is 7. The zero-order valence-corrected chi connectivity index (χ0v) is 21.6. The summed E-state index contributed by atoms with van der Waals surface area (Å²) in [6.45, 7) is 3.64. The Morgan fingerprint density at radius 3 is 2.32 bits per heavy atom. The van der Waals surface area contributed by atoms with E-state index >= 15 is 0 Å². The van der Waals surface area contributed by atoms with Gasteiger partial charge < -0.3 is 10.1 Å². The Morgan fingerprint density at radius 2 is 1.55 bits per heavy atom. The van der Waals surface area contributed by atoms with Gasteiger partial charge in [-0.2, -0.15) is 0 Å². The number of ether oxygens (including phenoxy) is 1. The molecule has 2 N–H and O–H groups in total. The fourth-order valence-corrected chi connectivity index (χ4v) is 5.07. The van der Waals surface area contributed by atoms with Crippen LogP contribution in [0.4, 0.5) is 14.5 Å². The Labute approximate surface area is 223 Å². The molecule has 0 saturated carbocycles. The molecule has 0 spiro atoms. The van der Waals surface area contributed by atoms with E-state index in [-0.39, 0.29) is 29.4 Å². The normalized spacial score (nSPS) is 10.8. The average molecular weight is 526 g/mol. The molecule has 5 rings (SSSR count). The molecule has 6 nitrogen and oxygen atoms in total. The monoisotopic (exact) mass is 525 g/mol. The maximum absolute atomic E-state index is 13.6. The molecule has 1 aromatic heterocycles. The van der Waals surface area contributed by atoms with Gasteiger partial charge in [-0.25, -0.2) is 9.37 Å². The van der Waals surface area contributed by atoms with E-state index in [9.17, 15) is 14.0 Å². The molecule has 4 aromatic carbocycles. The van der Waals surface area contributed by atoms with Crippen molar-refractivity contribution in [1.29, 1.82) is 0 Å². The molecule has 0 radical (unpaired) electrons. The highest BCUT2D eigenvalue weighted by molar-refractivity contribution is 7.20. The second-order valence-corrected chi connectivity index (χ2v) is 9.74. The largest absolute Gasteiger partial charge is 0.483 e. The Bertz CT molecular complexity index is 1620. The van der Waals surface area contributed by atoms with E-state index in [1.165, 1.54) is 12.1 Å². The number of benzene rings is 4. The molecule has 0 saturated heterocycles. The molecule has 0 aliphatic carbocycles. The maximum atomic E-state index is 13.6. The summed E-state index contributed by atoms with van der Waals surface area (Å²) in [6, 6.07) is 24.7. The summed E-state index contributed by atoms with van der Waals surface area (Å²) < 4.78 is 19.3. The summed E-state index contributed by atoms with van der Waals surface area (Å²) in [6.07, 6.45) is 0. The molecule has 2 amide bonds. The van der Waals surface area contributed by atoms with E-state index in [1.54, 1.807) is 18.2 Å². The summed E-state index contributed by atoms with van der Waals surface area (Å²) in [5.41, 5.74) is 3.40. The highest BCUT2D eigenvalue weighted by atomic mass is 32.1. The van der Waals surface area contributed by atoms with E-state index in [1.807, 2.05) is 68.4 Å². The van der Waals surface area contributed by atoms with Crippen LogP contribution in [0.5, 0.6) is 5.75 Å². The third-order valence-corrected chi connectivity index (χ3v) is 6.90. The Hall–Kier alpha value is -4.56. The standard InChI is InChI=1S/C30H24FN3O3S/c1-18-7-5-8-19(2)27(18)37-17-25(35)32-30-33-26(21-13-15-22(31)16-14-21)29(38-30)34-28(36)24-12-6-10-20-9-3-4-11-23(20)24/h3-16H,17H2,1-2H3,(H,34,36)(H,32,33,35). The van der Waals surface area contributed by atoms with Gasteiger partial charge in [0, 0.05) is 11.1 Å². The second kappa shape index (κ2) is 10.8. The van der Waals surface area contributed by atoms with Crippen molar-refractivity contribution < 1.29 is 18.7 Å². The predicted molar refractivity (Wildman–Crippen MR) is 149 cm³/mol. The van der Waals surface area contributed by atoms with Crippen LogP contribution in [0, 0.1) is 19.7 Å². The zero-order chi connectivity index (χ0) is 26.6. The molecule has 1 heterocycles. The number of nitrogens with one attached hydrogen (secondary N) is 2. The van der Waals surface area contributed by atoms with E-state index < -0.39 is 0 Å². The fraction of sp³-hybridized carbons (Fsp3) is 0.100. The number of aromatic nitrogens is 1. The molecule has 38 heavy (non-hydrogen) atoms. The number of thiazole rings is 1. The molecule has 8 heteroatoms. The summed E-state index contributed by atoms with van der Waals surface area (Å²) in [5.74, 6) is -0.427. The van der Waals surface area contributed by atoms with Gasteiger partial charge in [-0.05, 0) is 66.1 Å². The first-order chi connectivity index (χ1) is 18.4. The molecule has 0 aliphatic heterocycles. The van der Waals surface area contributed by atoms with Crippen LogP contribution in [0.3, 0.4) is 0 Å². The lowest BCUT2D eigenvalue weighted by Crippen LogP contribution is -2.20. The minimum Gasteiger partial charge on any atom is -0.483 e. The number of amides is 2. The average Bonchev–Trinajstić information content (AvgIpc) is 3.30. The number of nitrogens with zero attached hydrogens (tertiary/aromatic N) is 1. The topological polar surface area (TPSA) is 80.3 Å². The number of fused-ring (bicyclic) bond motifs is 1. The van der Waals surface area contributed by atoms with E-state index in [2.05, 4.69) is 15.6 Å². The van der Waals surface area contributed by atoms with Gasteiger partial charge in [0.15, 0.2) is 11.7 Å². The van der Waals surface area contributed by atoms with Crippen molar-refractivity contribution in [3.8, 4) is 17.0 Å². The molecule has 190 valence electrons.